The number of hydrogen-bond acceptors (Lipinski definition) is 5. The fraction of sp³-hybridized carbons (Fsp3) is 0.571. The van der Waals surface area contributed by atoms with Gasteiger partial charge in [0.2, 0.25) is 0 Å². The second-order valence-corrected chi connectivity index (χ2v) is 5.04. The first kappa shape index (κ1) is 14.4. The van der Waals surface area contributed by atoms with Gasteiger partial charge in [0.15, 0.2) is 0 Å². The Balaban J connectivity index is 2.36. The van der Waals surface area contributed by atoms with Crippen LogP contribution in [0, 0.1) is 0 Å². The summed E-state index contributed by atoms with van der Waals surface area (Å²) in [5.41, 5.74) is -0.923. The normalized spacial score (nSPS) is 37.0. The van der Waals surface area contributed by atoms with E-state index in [9.17, 15) is 20.4 Å². The zero-order valence-electron chi connectivity index (χ0n) is 10.8. The number of aliphatic hydroxyl groups excluding tert-OH is 3. The minimum atomic E-state index is -1.73. The predicted molar refractivity (Wildman–Crippen MR) is 68.6 cm³/mol. The van der Waals surface area contributed by atoms with Crippen molar-refractivity contribution in [1.82, 2.24) is 0 Å². The Hall–Kier alpha value is -0.980. The van der Waals surface area contributed by atoms with Crippen LogP contribution < -0.4 is 0 Å². The van der Waals surface area contributed by atoms with E-state index >= 15 is 0 Å². The molecule has 0 aromatic heterocycles. The highest BCUT2D eigenvalue weighted by atomic mass is 16.5. The molecule has 1 fully saturated rings. The van der Waals surface area contributed by atoms with Crippen LogP contribution >= 0.6 is 0 Å². The molecule has 1 unspecified atom stereocenters. The summed E-state index contributed by atoms with van der Waals surface area (Å²) in [7, 11) is 0. The van der Waals surface area contributed by atoms with Crippen molar-refractivity contribution in [3.8, 4) is 0 Å². The van der Waals surface area contributed by atoms with E-state index in [1.165, 1.54) is 0 Å². The van der Waals surface area contributed by atoms with Gasteiger partial charge in [-0.25, -0.2) is 0 Å². The van der Waals surface area contributed by atoms with Crippen molar-refractivity contribution in [1.29, 1.82) is 0 Å². The van der Waals surface area contributed by atoms with Crippen molar-refractivity contribution < 1.29 is 25.2 Å². The van der Waals surface area contributed by atoms with E-state index in [1.807, 2.05) is 30.3 Å². The van der Waals surface area contributed by atoms with Crippen LogP contribution in [0.1, 0.15) is 18.4 Å². The standard InChI is InChI=1S/C14H20O5/c1-9(10-5-3-2-4-6-10)14(18)12(7-15)19-8-11(16)13(14)17/h2-6,9,11-13,15-18H,7-8H2,1H3/t9?,11-,12+,13+,14+/m0/s1. The third kappa shape index (κ3) is 2.40. The van der Waals surface area contributed by atoms with E-state index in [0.717, 1.165) is 5.56 Å². The van der Waals surface area contributed by atoms with Crippen LogP contribution in [0.3, 0.4) is 0 Å². The fourth-order valence-electron chi connectivity index (χ4n) is 2.68. The first-order valence-electron chi connectivity index (χ1n) is 6.37. The van der Waals surface area contributed by atoms with Gasteiger partial charge < -0.3 is 25.2 Å². The number of benzene rings is 1. The summed E-state index contributed by atoms with van der Waals surface area (Å²) in [5, 5.41) is 40.0. The van der Waals surface area contributed by atoms with Gasteiger partial charge in [-0.2, -0.15) is 0 Å². The molecule has 0 bridgehead atoms. The maximum atomic E-state index is 10.8. The lowest BCUT2D eigenvalue weighted by Crippen LogP contribution is -2.66. The molecule has 0 radical (unpaired) electrons. The maximum absolute atomic E-state index is 10.8. The van der Waals surface area contributed by atoms with Crippen LogP contribution in [-0.4, -0.2) is 57.6 Å². The molecule has 1 aromatic carbocycles. The minimum absolute atomic E-state index is 0.101. The summed E-state index contributed by atoms with van der Waals surface area (Å²) >= 11 is 0. The van der Waals surface area contributed by atoms with E-state index in [-0.39, 0.29) is 6.61 Å². The summed E-state index contributed by atoms with van der Waals surface area (Å²) in [6, 6.07) is 9.16. The number of hydrogen-bond donors (Lipinski definition) is 4. The van der Waals surface area contributed by atoms with Crippen molar-refractivity contribution in [2.24, 2.45) is 0 Å². The van der Waals surface area contributed by atoms with Crippen molar-refractivity contribution in [2.75, 3.05) is 13.2 Å². The Morgan fingerprint density at radius 1 is 1.32 bits per heavy atom. The van der Waals surface area contributed by atoms with Crippen LogP contribution in [0.25, 0.3) is 0 Å². The molecule has 5 atom stereocenters. The molecule has 1 aromatic rings. The highest BCUT2D eigenvalue weighted by Gasteiger charge is 2.54. The van der Waals surface area contributed by atoms with E-state index in [4.69, 9.17) is 4.74 Å². The van der Waals surface area contributed by atoms with Crippen LogP contribution in [0.2, 0.25) is 0 Å². The SMILES string of the molecule is CC(c1ccccc1)[C@]1(O)[C@H](O)[C@@H](O)CO[C@@H]1CO. The zero-order valence-corrected chi connectivity index (χ0v) is 10.8. The topological polar surface area (TPSA) is 90.2 Å². The Bertz CT molecular complexity index is 406. The van der Waals surface area contributed by atoms with Gasteiger partial charge in [-0.05, 0) is 5.56 Å². The van der Waals surface area contributed by atoms with Crippen LogP contribution in [-0.2, 0) is 4.74 Å². The summed E-state index contributed by atoms with van der Waals surface area (Å²) in [6.45, 7) is 1.22. The van der Waals surface area contributed by atoms with Crippen molar-refractivity contribution in [3.05, 3.63) is 35.9 Å². The first-order valence-corrected chi connectivity index (χ1v) is 6.37. The van der Waals surface area contributed by atoms with Gasteiger partial charge in [0, 0.05) is 5.92 Å². The van der Waals surface area contributed by atoms with Crippen LogP contribution in [0.5, 0.6) is 0 Å². The minimum Gasteiger partial charge on any atom is -0.394 e. The van der Waals surface area contributed by atoms with Gasteiger partial charge in [-0.3, -0.25) is 0 Å². The van der Waals surface area contributed by atoms with Crippen molar-refractivity contribution in [3.63, 3.8) is 0 Å². The molecule has 1 heterocycles. The summed E-state index contributed by atoms with van der Waals surface area (Å²) < 4.78 is 5.26. The molecule has 0 aliphatic carbocycles. The van der Waals surface area contributed by atoms with Gasteiger partial charge in [-0.1, -0.05) is 37.3 Å². The fourth-order valence-corrected chi connectivity index (χ4v) is 2.68. The Morgan fingerprint density at radius 3 is 2.53 bits per heavy atom. The molecule has 1 saturated heterocycles. The molecule has 2 rings (SSSR count). The zero-order chi connectivity index (χ0) is 14.0. The lowest BCUT2D eigenvalue weighted by Gasteiger charge is -2.48. The second-order valence-electron chi connectivity index (χ2n) is 5.04. The smallest absolute Gasteiger partial charge is 0.128 e. The molecular weight excluding hydrogens is 248 g/mol. The summed E-state index contributed by atoms with van der Waals surface area (Å²) in [6.07, 6.45) is -3.46. The van der Waals surface area contributed by atoms with Gasteiger partial charge in [0.1, 0.15) is 23.9 Å². The molecule has 19 heavy (non-hydrogen) atoms. The van der Waals surface area contributed by atoms with E-state index < -0.39 is 36.4 Å². The molecule has 0 spiro atoms. The molecule has 1 aliphatic rings. The Morgan fingerprint density at radius 2 is 1.95 bits per heavy atom. The number of aliphatic hydroxyl groups is 4. The van der Waals surface area contributed by atoms with Gasteiger partial charge in [-0.15, -0.1) is 0 Å². The number of rotatable bonds is 3. The molecule has 5 nitrogen and oxygen atoms in total. The highest BCUT2D eigenvalue weighted by molar-refractivity contribution is 5.25. The maximum Gasteiger partial charge on any atom is 0.128 e. The lowest BCUT2D eigenvalue weighted by atomic mass is 9.73. The third-order valence-electron chi connectivity index (χ3n) is 3.98. The quantitative estimate of drug-likeness (QED) is 0.601. The number of ether oxygens (including phenoxy) is 1. The van der Waals surface area contributed by atoms with Crippen LogP contribution in [0.4, 0.5) is 0 Å². The molecule has 4 N–H and O–H groups in total. The Kier molecular flexibility index (Phi) is 4.23. The van der Waals surface area contributed by atoms with E-state index in [2.05, 4.69) is 0 Å². The molecule has 1 aliphatic heterocycles. The van der Waals surface area contributed by atoms with E-state index in [0.29, 0.717) is 0 Å². The Labute approximate surface area is 112 Å². The average molecular weight is 268 g/mol. The molecule has 0 saturated carbocycles. The third-order valence-corrected chi connectivity index (χ3v) is 3.98. The molecule has 5 heteroatoms. The predicted octanol–water partition coefficient (Wildman–Crippen LogP) is -0.366. The van der Waals surface area contributed by atoms with Gasteiger partial charge in [0.25, 0.3) is 0 Å². The largest absolute Gasteiger partial charge is 0.394 e. The highest BCUT2D eigenvalue weighted by Crippen LogP contribution is 2.38. The monoisotopic (exact) mass is 268 g/mol. The van der Waals surface area contributed by atoms with E-state index in [1.54, 1.807) is 6.92 Å². The molecule has 0 amide bonds. The summed E-state index contributed by atoms with van der Waals surface area (Å²) in [5.74, 6) is -0.490. The summed E-state index contributed by atoms with van der Waals surface area (Å²) in [4.78, 5) is 0. The average Bonchev–Trinajstić information content (AvgIpc) is 2.45. The van der Waals surface area contributed by atoms with Gasteiger partial charge in [0.05, 0.1) is 13.2 Å². The van der Waals surface area contributed by atoms with Gasteiger partial charge >= 0.3 is 0 Å². The molecule has 106 valence electrons. The first-order chi connectivity index (χ1) is 9.01. The lowest BCUT2D eigenvalue weighted by molar-refractivity contribution is -0.256. The second kappa shape index (κ2) is 5.56. The molecular formula is C14H20O5. The van der Waals surface area contributed by atoms with Crippen molar-refractivity contribution in [2.45, 2.75) is 36.8 Å². The van der Waals surface area contributed by atoms with Crippen molar-refractivity contribution >= 4 is 0 Å². The van der Waals surface area contributed by atoms with Crippen LogP contribution in [0.15, 0.2) is 30.3 Å².